The van der Waals surface area contributed by atoms with Crippen LogP contribution in [-0.4, -0.2) is 22.7 Å². The summed E-state index contributed by atoms with van der Waals surface area (Å²) in [7, 11) is 0. The summed E-state index contributed by atoms with van der Waals surface area (Å²) in [5, 5.41) is 23.0. The number of nitrogens with zero attached hydrogens (tertiary/aromatic N) is 1. The lowest BCUT2D eigenvalue weighted by atomic mass is 10.1. The first-order valence-electron chi connectivity index (χ1n) is 5.81. The number of nitrogens with one attached hydrogen (secondary N) is 1. The maximum atomic E-state index is 10.8. The minimum absolute atomic E-state index is 0.0997. The van der Waals surface area contributed by atoms with Crippen molar-refractivity contribution < 1.29 is 10.0 Å². The lowest BCUT2D eigenvalue weighted by Crippen LogP contribution is -2.20. The Morgan fingerprint density at radius 3 is 2.72 bits per heavy atom. The predicted octanol–water partition coefficient (Wildman–Crippen LogP) is 3.24. The van der Waals surface area contributed by atoms with Crippen LogP contribution >= 0.6 is 15.9 Å². The Labute approximate surface area is 114 Å². The van der Waals surface area contributed by atoms with E-state index < -0.39 is 4.92 Å². The van der Waals surface area contributed by atoms with Crippen molar-refractivity contribution in [3.8, 4) is 0 Å². The normalized spacial score (nSPS) is 12.2. The molecule has 1 unspecified atom stereocenters. The van der Waals surface area contributed by atoms with Gasteiger partial charge in [-0.15, -0.1) is 0 Å². The summed E-state index contributed by atoms with van der Waals surface area (Å²) in [6.07, 6.45) is 1.53. The van der Waals surface area contributed by atoms with Crippen molar-refractivity contribution in [3.05, 3.63) is 32.3 Å². The maximum absolute atomic E-state index is 10.8. The van der Waals surface area contributed by atoms with E-state index in [1.807, 2.05) is 6.92 Å². The van der Waals surface area contributed by atoms with Gasteiger partial charge in [0.1, 0.15) is 0 Å². The average Bonchev–Trinajstić information content (AvgIpc) is 2.32. The smallest absolute Gasteiger partial charge is 0.273 e. The number of anilines is 1. The summed E-state index contributed by atoms with van der Waals surface area (Å²) in [6, 6.07) is 3.41. The van der Waals surface area contributed by atoms with Crippen molar-refractivity contribution >= 4 is 27.3 Å². The molecule has 0 aliphatic heterocycles. The fourth-order valence-corrected chi connectivity index (χ4v) is 2.18. The van der Waals surface area contributed by atoms with Gasteiger partial charge in [-0.05, 0) is 41.8 Å². The highest BCUT2D eigenvalue weighted by Crippen LogP contribution is 2.31. The van der Waals surface area contributed by atoms with Crippen LogP contribution in [0.25, 0.3) is 0 Å². The van der Waals surface area contributed by atoms with Gasteiger partial charge in [-0.2, -0.15) is 0 Å². The van der Waals surface area contributed by atoms with Crippen LogP contribution in [0, 0.1) is 17.0 Å². The molecular formula is C12H17BrN2O3. The van der Waals surface area contributed by atoms with Gasteiger partial charge >= 0.3 is 0 Å². The molecule has 6 heteroatoms. The SMILES string of the molecule is CCC(CCO)Nc1cc(C)c([N+](=O)[O-])cc1Br. The molecule has 0 saturated carbocycles. The third kappa shape index (κ3) is 3.68. The zero-order valence-electron chi connectivity index (χ0n) is 10.4. The molecule has 0 aliphatic rings. The van der Waals surface area contributed by atoms with Crippen molar-refractivity contribution in [1.29, 1.82) is 0 Å². The van der Waals surface area contributed by atoms with Crippen LogP contribution in [0.2, 0.25) is 0 Å². The second-order valence-corrected chi connectivity index (χ2v) is 4.99. The van der Waals surface area contributed by atoms with E-state index in [0.29, 0.717) is 16.5 Å². The summed E-state index contributed by atoms with van der Waals surface area (Å²) >= 11 is 3.33. The second kappa shape index (κ2) is 6.70. The van der Waals surface area contributed by atoms with Gasteiger partial charge in [-0.3, -0.25) is 10.1 Å². The first kappa shape index (κ1) is 14.9. The summed E-state index contributed by atoms with van der Waals surface area (Å²) < 4.78 is 0.663. The molecule has 2 N–H and O–H groups in total. The predicted molar refractivity (Wildman–Crippen MR) is 74.9 cm³/mol. The number of aryl methyl sites for hydroxylation is 1. The highest BCUT2D eigenvalue weighted by atomic mass is 79.9. The molecule has 0 radical (unpaired) electrons. The van der Waals surface area contributed by atoms with E-state index in [0.717, 1.165) is 12.1 Å². The molecule has 5 nitrogen and oxygen atoms in total. The Morgan fingerprint density at radius 1 is 1.56 bits per heavy atom. The number of rotatable bonds is 6. The Morgan fingerprint density at radius 2 is 2.22 bits per heavy atom. The lowest BCUT2D eigenvalue weighted by Gasteiger charge is -2.18. The Bertz CT molecular complexity index is 438. The van der Waals surface area contributed by atoms with Crippen molar-refractivity contribution in [2.24, 2.45) is 0 Å². The molecule has 18 heavy (non-hydrogen) atoms. The molecule has 0 aliphatic carbocycles. The van der Waals surface area contributed by atoms with Gasteiger partial charge in [0.25, 0.3) is 5.69 Å². The lowest BCUT2D eigenvalue weighted by molar-refractivity contribution is -0.385. The van der Waals surface area contributed by atoms with E-state index in [4.69, 9.17) is 5.11 Å². The van der Waals surface area contributed by atoms with E-state index in [1.165, 1.54) is 6.07 Å². The zero-order valence-corrected chi connectivity index (χ0v) is 12.0. The van der Waals surface area contributed by atoms with Gasteiger partial charge in [0.2, 0.25) is 0 Å². The van der Waals surface area contributed by atoms with Crippen LogP contribution in [0.1, 0.15) is 25.3 Å². The van der Waals surface area contributed by atoms with Crippen LogP contribution < -0.4 is 5.32 Å². The molecule has 0 saturated heterocycles. The number of nitro groups is 1. The van der Waals surface area contributed by atoms with E-state index >= 15 is 0 Å². The number of benzene rings is 1. The Kier molecular flexibility index (Phi) is 5.55. The monoisotopic (exact) mass is 316 g/mol. The molecule has 0 fully saturated rings. The number of aliphatic hydroxyl groups is 1. The highest BCUT2D eigenvalue weighted by molar-refractivity contribution is 9.10. The van der Waals surface area contributed by atoms with Crippen LogP contribution in [0.5, 0.6) is 0 Å². The highest BCUT2D eigenvalue weighted by Gasteiger charge is 2.15. The summed E-state index contributed by atoms with van der Waals surface area (Å²) in [5.74, 6) is 0. The molecule has 0 aromatic heterocycles. The van der Waals surface area contributed by atoms with E-state index in [2.05, 4.69) is 21.2 Å². The molecule has 0 amide bonds. The number of hydrogen-bond donors (Lipinski definition) is 2. The minimum atomic E-state index is -0.394. The third-order valence-electron chi connectivity index (χ3n) is 2.81. The largest absolute Gasteiger partial charge is 0.396 e. The quantitative estimate of drug-likeness (QED) is 0.624. The second-order valence-electron chi connectivity index (χ2n) is 4.14. The Balaban J connectivity index is 2.97. The topological polar surface area (TPSA) is 75.4 Å². The summed E-state index contributed by atoms with van der Waals surface area (Å²) in [4.78, 5) is 10.4. The standard InChI is InChI=1S/C12H17BrN2O3/c1-3-9(4-5-16)14-11-6-8(2)12(15(17)18)7-10(11)13/h6-7,9,14,16H,3-5H2,1-2H3. The fraction of sp³-hybridized carbons (Fsp3) is 0.500. The molecule has 1 atom stereocenters. The van der Waals surface area contributed by atoms with Gasteiger partial charge in [0.15, 0.2) is 0 Å². The van der Waals surface area contributed by atoms with Gasteiger partial charge < -0.3 is 10.4 Å². The molecule has 1 aromatic rings. The van der Waals surface area contributed by atoms with Crippen molar-refractivity contribution in [2.75, 3.05) is 11.9 Å². The van der Waals surface area contributed by atoms with E-state index in [9.17, 15) is 10.1 Å². The summed E-state index contributed by atoms with van der Waals surface area (Å²) in [5.41, 5.74) is 1.53. The number of halogens is 1. The van der Waals surface area contributed by atoms with Crippen molar-refractivity contribution in [2.45, 2.75) is 32.7 Å². The molecule has 0 bridgehead atoms. The minimum Gasteiger partial charge on any atom is -0.396 e. The third-order valence-corrected chi connectivity index (χ3v) is 3.47. The number of aliphatic hydroxyl groups excluding tert-OH is 1. The van der Waals surface area contributed by atoms with Crippen molar-refractivity contribution in [3.63, 3.8) is 0 Å². The zero-order chi connectivity index (χ0) is 13.7. The van der Waals surface area contributed by atoms with E-state index in [-0.39, 0.29) is 18.3 Å². The maximum Gasteiger partial charge on any atom is 0.273 e. The van der Waals surface area contributed by atoms with Gasteiger partial charge in [-0.1, -0.05) is 6.92 Å². The van der Waals surface area contributed by atoms with E-state index in [1.54, 1.807) is 13.0 Å². The molecular weight excluding hydrogens is 300 g/mol. The average molecular weight is 317 g/mol. The number of hydrogen-bond acceptors (Lipinski definition) is 4. The molecule has 100 valence electrons. The molecule has 0 spiro atoms. The van der Waals surface area contributed by atoms with Crippen LogP contribution in [0.3, 0.4) is 0 Å². The fourth-order valence-electron chi connectivity index (χ4n) is 1.73. The molecule has 1 rings (SSSR count). The van der Waals surface area contributed by atoms with Crippen LogP contribution in [0.15, 0.2) is 16.6 Å². The number of nitro benzene ring substituents is 1. The summed E-state index contributed by atoms with van der Waals surface area (Å²) in [6.45, 7) is 3.86. The van der Waals surface area contributed by atoms with Crippen molar-refractivity contribution in [1.82, 2.24) is 0 Å². The van der Waals surface area contributed by atoms with Gasteiger partial charge in [-0.25, -0.2) is 0 Å². The van der Waals surface area contributed by atoms with Gasteiger partial charge in [0.05, 0.1) is 4.92 Å². The Hall–Kier alpha value is -1.14. The molecule has 0 heterocycles. The van der Waals surface area contributed by atoms with Gasteiger partial charge in [0, 0.05) is 34.4 Å². The van der Waals surface area contributed by atoms with Crippen LogP contribution in [0.4, 0.5) is 11.4 Å². The first-order valence-corrected chi connectivity index (χ1v) is 6.60. The molecule has 1 aromatic carbocycles. The first-order chi connectivity index (χ1) is 8.49. The van der Waals surface area contributed by atoms with Crippen LogP contribution in [-0.2, 0) is 0 Å².